The first kappa shape index (κ1) is 22.4. The van der Waals surface area contributed by atoms with E-state index in [1.807, 2.05) is 0 Å². The van der Waals surface area contributed by atoms with Gasteiger partial charge in [0.15, 0.2) is 0 Å². The number of rotatable bonds is 6. The largest absolute Gasteiger partial charge is 0.464 e. The number of hydrogen-bond donors (Lipinski definition) is 1. The average molecular weight is 411 g/mol. The van der Waals surface area contributed by atoms with Gasteiger partial charge in [-0.15, -0.1) is 0 Å². The number of aryl methyl sites for hydroxylation is 1. The molecular formula is C20H30N2O5S. The Kier molecular flexibility index (Phi) is 6.88. The minimum atomic E-state index is -3.70. The van der Waals surface area contributed by atoms with Crippen molar-refractivity contribution in [1.29, 1.82) is 0 Å². The smallest absolute Gasteiger partial charge is 0.331 e. The van der Waals surface area contributed by atoms with E-state index in [4.69, 9.17) is 4.74 Å². The van der Waals surface area contributed by atoms with E-state index in [0.717, 1.165) is 23.6 Å². The molecule has 1 aromatic carbocycles. The molecule has 0 aliphatic heterocycles. The molecular weight excluding hydrogens is 380 g/mol. The van der Waals surface area contributed by atoms with Crippen molar-refractivity contribution in [3.05, 3.63) is 28.8 Å². The predicted molar refractivity (Wildman–Crippen MR) is 107 cm³/mol. The van der Waals surface area contributed by atoms with Crippen LogP contribution in [0.15, 0.2) is 17.0 Å². The summed E-state index contributed by atoms with van der Waals surface area (Å²) in [5.74, 6) is -0.888. The van der Waals surface area contributed by atoms with Crippen LogP contribution in [-0.2, 0) is 19.6 Å². The molecule has 1 N–H and O–H groups in total. The van der Waals surface area contributed by atoms with Crippen LogP contribution in [0.4, 0.5) is 0 Å². The molecule has 1 aromatic rings. The number of ether oxygens (including phenoxy) is 1. The molecule has 0 radical (unpaired) electrons. The molecule has 0 saturated heterocycles. The third kappa shape index (κ3) is 4.38. The topological polar surface area (TPSA) is 92.8 Å². The van der Waals surface area contributed by atoms with Crippen LogP contribution >= 0.6 is 0 Å². The molecule has 0 aromatic heterocycles. The van der Waals surface area contributed by atoms with E-state index in [0.29, 0.717) is 24.0 Å². The van der Waals surface area contributed by atoms with Crippen molar-refractivity contribution >= 4 is 21.9 Å². The highest BCUT2D eigenvalue weighted by atomic mass is 32.2. The van der Waals surface area contributed by atoms with E-state index >= 15 is 0 Å². The van der Waals surface area contributed by atoms with Gasteiger partial charge in [0.1, 0.15) is 5.54 Å². The van der Waals surface area contributed by atoms with Gasteiger partial charge in [-0.25, -0.2) is 17.5 Å². The average Bonchev–Trinajstić information content (AvgIpc) is 2.64. The second-order valence-electron chi connectivity index (χ2n) is 7.52. The van der Waals surface area contributed by atoms with E-state index in [-0.39, 0.29) is 17.1 Å². The van der Waals surface area contributed by atoms with Crippen molar-refractivity contribution in [2.45, 2.75) is 63.3 Å². The van der Waals surface area contributed by atoms with E-state index in [1.165, 1.54) is 20.2 Å². The van der Waals surface area contributed by atoms with Gasteiger partial charge in [0.2, 0.25) is 10.0 Å². The first-order valence-electron chi connectivity index (χ1n) is 9.58. The Balaban J connectivity index is 2.43. The summed E-state index contributed by atoms with van der Waals surface area (Å²) in [4.78, 5) is 25.7. The van der Waals surface area contributed by atoms with Crippen LogP contribution in [0.5, 0.6) is 0 Å². The fourth-order valence-electron chi connectivity index (χ4n) is 3.52. The van der Waals surface area contributed by atoms with E-state index in [1.54, 1.807) is 26.8 Å². The van der Waals surface area contributed by atoms with Crippen LogP contribution in [0.25, 0.3) is 0 Å². The summed E-state index contributed by atoms with van der Waals surface area (Å²) in [6, 6.07) is 3.04. The maximum absolute atomic E-state index is 13.0. The maximum Gasteiger partial charge on any atom is 0.331 e. The van der Waals surface area contributed by atoms with Crippen molar-refractivity contribution in [2.24, 2.45) is 0 Å². The van der Waals surface area contributed by atoms with Gasteiger partial charge in [0.25, 0.3) is 5.91 Å². The van der Waals surface area contributed by atoms with Crippen molar-refractivity contribution in [3.8, 4) is 0 Å². The molecule has 0 spiro atoms. The minimum Gasteiger partial charge on any atom is -0.464 e. The van der Waals surface area contributed by atoms with E-state index in [9.17, 15) is 18.0 Å². The highest BCUT2D eigenvalue weighted by molar-refractivity contribution is 7.89. The van der Waals surface area contributed by atoms with Gasteiger partial charge in [-0.1, -0.05) is 19.3 Å². The Morgan fingerprint density at radius 2 is 1.75 bits per heavy atom. The molecule has 8 heteroatoms. The Labute approximate surface area is 167 Å². The number of carbonyl (C=O) groups is 2. The molecule has 1 saturated carbocycles. The third-order valence-electron chi connectivity index (χ3n) is 5.37. The summed E-state index contributed by atoms with van der Waals surface area (Å²) in [5.41, 5.74) is 0.466. The standard InChI is InChI=1S/C20H30N2O5S/c1-6-27-19(24)20(10-8-7-9-11-20)21-18(23)16-12-14(2)15(3)17(13-16)28(25,26)22(4)5/h12-13H,6-11H2,1-5H3,(H,21,23). The lowest BCUT2D eigenvalue weighted by atomic mass is 9.81. The Bertz CT molecular complexity index is 856. The fraction of sp³-hybridized carbons (Fsp3) is 0.600. The number of esters is 1. The molecule has 0 heterocycles. The second-order valence-corrected chi connectivity index (χ2v) is 9.64. The van der Waals surface area contributed by atoms with Crippen LogP contribution in [0.1, 0.15) is 60.5 Å². The number of sulfonamides is 1. The zero-order chi connectivity index (χ0) is 21.1. The zero-order valence-electron chi connectivity index (χ0n) is 17.3. The molecule has 156 valence electrons. The molecule has 7 nitrogen and oxygen atoms in total. The molecule has 0 unspecified atom stereocenters. The number of hydrogen-bond acceptors (Lipinski definition) is 5. The Hall–Kier alpha value is -1.93. The van der Waals surface area contributed by atoms with Gasteiger partial charge in [0, 0.05) is 19.7 Å². The summed E-state index contributed by atoms with van der Waals surface area (Å²) in [6.07, 6.45) is 3.70. The second kappa shape index (κ2) is 8.61. The van der Waals surface area contributed by atoms with Gasteiger partial charge in [0.05, 0.1) is 11.5 Å². The lowest BCUT2D eigenvalue weighted by molar-refractivity contribution is -0.152. The van der Waals surface area contributed by atoms with Crippen LogP contribution < -0.4 is 5.32 Å². The summed E-state index contributed by atoms with van der Waals surface area (Å²) in [5, 5.41) is 2.87. The van der Waals surface area contributed by atoms with Gasteiger partial charge in [-0.2, -0.15) is 0 Å². The zero-order valence-corrected chi connectivity index (χ0v) is 18.1. The quantitative estimate of drug-likeness (QED) is 0.728. The lowest BCUT2D eigenvalue weighted by Gasteiger charge is -2.35. The van der Waals surface area contributed by atoms with Crippen LogP contribution in [0.2, 0.25) is 0 Å². The number of carbonyl (C=O) groups excluding carboxylic acids is 2. The highest BCUT2D eigenvalue weighted by Crippen LogP contribution is 2.30. The molecule has 28 heavy (non-hydrogen) atoms. The van der Waals surface area contributed by atoms with Crippen molar-refractivity contribution in [2.75, 3.05) is 20.7 Å². The highest BCUT2D eigenvalue weighted by Gasteiger charge is 2.42. The molecule has 1 aliphatic rings. The van der Waals surface area contributed by atoms with E-state index < -0.39 is 27.4 Å². The number of amides is 1. The van der Waals surface area contributed by atoms with Crippen molar-refractivity contribution < 1.29 is 22.7 Å². The molecule has 1 aliphatic carbocycles. The van der Waals surface area contributed by atoms with Crippen LogP contribution in [0.3, 0.4) is 0 Å². The summed E-state index contributed by atoms with van der Waals surface area (Å²) >= 11 is 0. The first-order chi connectivity index (χ1) is 13.0. The fourth-order valence-corrected chi connectivity index (χ4v) is 4.73. The molecule has 0 atom stereocenters. The Morgan fingerprint density at radius 3 is 2.29 bits per heavy atom. The predicted octanol–water partition coefficient (Wildman–Crippen LogP) is 2.55. The molecule has 2 rings (SSSR count). The maximum atomic E-state index is 13.0. The molecule has 1 amide bonds. The summed E-state index contributed by atoms with van der Waals surface area (Å²) in [6.45, 7) is 5.46. The first-order valence-corrected chi connectivity index (χ1v) is 11.0. The monoisotopic (exact) mass is 410 g/mol. The minimum absolute atomic E-state index is 0.0940. The number of nitrogens with zero attached hydrogens (tertiary/aromatic N) is 1. The number of benzene rings is 1. The molecule has 1 fully saturated rings. The van der Waals surface area contributed by atoms with Gasteiger partial charge in [-0.3, -0.25) is 4.79 Å². The van der Waals surface area contributed by atoms with Crippen LogP contribution in [-0.4, -0.2) is 50.8 Å². The van der Waals surface area contributed by atoms with Crippen molar-refractivity contribution in [3.63, 3.8) is 0 Å². The van der Waals surface area contributed by atoms with Gasteiger partial charge < -0.3 is 10.1 Å². The summed E-state index contributed by atoms with van der Waals surface area (Å²) < 4.78 is 31.6. The SMILES string of the molecule is CCOC(=O)C1(NC(=O)c2cc(C)c(C)c(S(=O)(=O)N(C)C)c2)CCCCC1. The van der Waals surface area contributed by atoms with Crippen LogP contribution in [0, 0.1) is 13.8 Å². The lowest BCUT2D eigenvalue weighted by Crippen LogP contribution is -2.56. The Morgan fingerprint density at radius 1 is 1.14 bits per heavy atom. The van der Waals surface area contributed by atoms with Crippen molar-refractivity contribution in [1.82, 2.24) is 9.62 Å². The third-order valence-corrected chi connectivity index (χ3v) is 7.31. The number of nitrogens with one attached hydrogen (secondary N) is 1. The van der Waals surface area contributed by atoms with E-state index in [2.05, 4.69) is 5.32 Å². The summed E-state index contributed by atoms with van der Waals surface area (Å²) in [7, 11) is -0.792. The normalized spacial score (nSPS) is 16.6. The van der Waals surface area contributed by atoms with Gasteiger partial charge >= 0.3 is 5.97 Å². The van der Waals surface area contributed by atoms with Gasteiger partial charge in [-0.05, 0) is 56.9 Å². The molecule has 0 bridgehead atoms.